The molecule has 1 aliphatic rings. The van der Waals surface area contributed by atoms with Crippen LogP contribution in [0.2, 0.25) is 0 Å². The summed E-state index contributed by atoms with van der Waals surface area (Å²) in [6.45, 7) is 0. The van der Waals surface area contributed by atoms with E-state index in [1.165, 1.54) is 18.2 Å². The van der Waals surface area contributed by atoms with Gasteiger partial charge < -0.3 is 10.6 Å². The third kappa shape index (κ3) is 2.13. The molecule has 1 aromatic rings. The summed E-state index contributed by atoms with van der Waals surface area (Å²) in [5, 5.41) is 10.9. The van der Waals surface area contributed by atoms with Crippen molar-refractivity contribution in [3.8, 4) is 0 Å². The van der Waals surface area contributed by atoms with Crippen LogP contribution in [0.1, 0.15) is 29.6 Å². The number of nitrogen functional groups attached to an aromatic ring is 1. The Morgan fingerprint density at radius 2 is 2.17 bits per heavy atom. The number of nitro benzene ring substituents is 1. The van der Waals surface area contributed by atoms with E-state index in [0.717, 1.165) is 19.3 Å². The van der Waals surface area contributed by atoms with Crippen LogP contribution in [0.25, 0.3) is 0 Å². The molecule has 2 rings (SSSR count). The predicted molar refractivity (Wildman–Crippen MR) is 67.2 cm³/mol. The van der Waals surface area contributed by atoms with Crippen LogP contribution in [0.15, 0.2) is 18.2 Å². The van der Waals surface area contributed by atoms with Crippen LogP contribution < -0.4 is 5.73 Å². The average molecular weight is 249 g/mol. The van der Waals surface area contributed by atoms with Crippen molar-refractivity contribution in [3.63, 3.8) is 0 Å². The van der Waals surface area contributed by atoms with Gasteiger partial charge in [0, 0.05) is 24.8 Å². The quantitative estimate of drug-likeness (QED) is 0.502. The first-order valence-corrected chi connectivity index (χ1v) is 5.82. The van der Waals surface area contributed by atoms with E-state index in [1.54, 1.807) is 11.9 Å². The summed E-state index contributed by atoms with van der Waals surface area (Å²) in [5.74, 6) is -0.335. The van der Waals surface area contributed by atoms with Gasteiger partial charge in [0.15, 0.2) is 0 Å². The Hall–Kier alpha value is -2.11. The van der Waals surface area contributed by atoms with E-state index in [-0.39, 0.29) is 23.2 Å². The maximum absolute atomic E-state index is 12.2. The van der Waals surface area contributed by atoms with Crippen LogP contribution >= 0.6 is 0 Å². The highest BCUT2D eigenvalue weighted by Gasteiger charge is 2.30. The number of carbonyl (C=O) groups is 1. The average Bonchev–Trinajstić information content (AvgIpc) is 2.25. The van der Waals surface area contributed by atoms with Crippen molar-refractivity contribution in [1.29, 1.82) is 0 Å². The van der Waals surface area contributed by atoms with Gasteiger partial charge in [-0.15, -0.1) is 0 Å². The van der Waals surface area contributed by atoms with Gasteiger partial charge in [0.05, 0.1) is 4.92 Å². The SMILES string of the molecule is CN(C(=O)c1cc(N)ccc1[N+](=O)[O-])C1CCC1. The van der Waals surface area contributed by atoms with E-state index in [9.17, 15) is 14.9 Å². The second-order valence-electron chi connectivity index (χ2n) is 4.53. The Balaban J connectivity index is 2.33. The molecular formula is C12H15N3O3. The molecule has 1 aromatic carbocycles. The van der Waals surface area contributed by atoms with Gasteiger partial charge >= 0.3 is 0 Å². The summed E-state index contributed by atoms with van der Waals surface area (Å²) in [7, 11) is 1.68. The molecule has 1 amide bonds. The van der Waals surface area contributed by atoms with Crippen LogP contribution in [-0.2, 0) is 0 Å². The fraction of sp³-hybridized carbons (Fsp3) is 0.417. The van der Waals surface area contributed by atoms with Crippen molar-refractivity contribution in [2.75, 3.05) is 12.8 Å². The molecule has 0 atom stereocenters. The van der Waals surface area contributed by atoms with Gasteiger partial charge in [-0.25, -0.2) is 0 Å². The van der Waals surface area contributed by atoms with Crippen LogP contribution in [0.4, 0.5) is 11.4 Å². The van der Waals surface area contributed by atoms with Gasteiger partial charge in [-0.3, -0.25) is 14.9 Å². The molecule has 1 fully saturated rings. The maximum atomic E-state index is 12.2. The molecule has 1 saturated carbocycles. The lowest BCUT2D eigenvalue weighted by molar-refractivity contribution is -0.385. The number of hydrogen-bond acceptors (Lipinski definition) is 4. The highest BCUT2D eigenvalue weighted by Crippen LogP contribution is 2.28. The number of nitrogens with two attached hydrogens (primary N) is 1. The first kappa shape index (κ1) is 12.3. The van der Waals surface area contributed by atoms with Crippen molar-refractivity contribution < 1.29 is 9.72 Å². The number of nitrogens with zero attached hydrogens (tertiary/aromatic N) is 2. The summed E-state index contributed by atoms with van der Waals surface area (Å²) in [6, 6.07) is 4.27. The smallest absolute Gasteiger partial charge is 0.282 e. The van der Waals surface area contributed by atoms with E-state index in [4.69, 9.17) is 5.73 Å². The first-order chi connectivity index (χ1) is 8.50. The van der Waals surface area contributed by atoms with Crippen LogP contribution in [-0.4, -0.2) is 28.8 Å². The topological polar surface area (TPSA) is 89.5 Å². The van der Waals surface area contributed by atoms with Crippen molar-refractivity contribution in [1.82, 2.24) is 4.90 Å². The highest BCUT2D eigenvalue weighted by atomic mass is 16.6. The van der Waals surface area contributed by atoms with Crippen molar-refractivity contribution in [3.05, 3.63) is 33.9 Å². The fourth-order valence-corrected chi connectivity index (χ4v) is 2.01. The van der Waals surface area contributed by atoms with Gasteiger partial charge in [0.25, 0.3) is 11.6 Å². The lowest BCUT2D eigenvalue weighted by Gasteiger charge is -2.34. The molecule has 2 N–H and O–H groups in total. The molecule has 0 heterocycles. The maximum Gasteiger partial charge on any atom is 0.282 e. The Bertz CT molecular complexity index is 497. The number of nitro groups is 1. The van der Waals surface area contributed by atoms with Crippen LogP contribution in [0, 0.1) is 10.1 Å². The van der Waals surface area contributed by atoms with E-state index in [0.29, 0.717) is 5.69 Å². The zero-order valence-electron chi connectivity index (χ0n) is 10.1. The van der Waals surface area contributed by atoms with E-state index < -0.39 is 4.92 Å². The molecule has 0 radical (unpaired) electrons. The third-order valence-electron chi connectivity index (χ3n) is 3.39. The molecule has 0 aromatic heterocycles. The number of rotatable bonds is 3. The van der Waals surface area contributed by atoms with E-state index in [2.05, 4.69) is 0 Å². The van der Waals surface area contributed by atoms with Gasteiger partial charge in [0.1, 0.15) is 5.56 Å². The van der Waals surface area contributed by atoms with Crippen molar-refractivity contribution in [2.24, 2.45) is 0 Å². The molecule has 0 aliphatic heterocycles. The van der Waals surface area contributed by atoms with Gasteiger partial charge in [-0.1, -0.05) is 0 Å². The minimum atomic E-state index is -0.554. The monoisotopic (exact) mass is 249 g/mol. The standard InChI is InChI=1S/C12H15N3O3/c1-14(9-3-2-4-9)12(16)10-7-8(13)5-6-11(10)15(17)18/h5-7,9H,2-4,13H2,1H3. The lowest BCUT2D eigenvalue weighted by atomic mass is 9.91. The summed E-state index contributed by atoms with van der Waals surface area (Å²) in [5.41, 5.74) is 5.82. The molecule has 96 valence electrons. The first-order valence-electron chi connectivity index (χ1n) is 5.82. The molecular weight excluding hydrogens is 234 g/mol. The normalized spacial score (nSPS) is 14.9. The lowest BCUT2D eigenvalue weighted by Crippen LogP contribution is -2.41. The third-order valence-corrected chi connectivity index (χ3v) is 3.39. The van der Waals surface area contributed by atoms with Gasteiger partial charge in [0.2, 0.25) is 0 Å². The molecule has 6 heteroatoms. The molecule has 6 nitrogen and oxygen atoms in total. The number of amides is 1. The van der Waals surface area contributed by atoms with Gasteiger partial charge in [-0.05, 0) is 31.4 Å². The van der Waals surface area contributed by atoms with Crippen LogP contribution in [0.3, 0.4) is 0 Å². The minimum absolute atomic E-state index is 0.0643. The summed E-state index contributed by atoms with van der Waals surface area (Å²) in [4.78, 5) is 24.2. The molecule has 0 saturated heterocycles. The Morgan fingerprint density at radius 3 is 2.67 bits per heavy atom. The van der Waals surface area contributed by atoms with Crippen LogP contribution in [0.5, 0.6) is 0 Å². The van der Waals surface area contributed by atoms with Crippen molar-refractivity contribution >= 4 is 17.3 Å². The fourth-order valence-electron chi connectivity index (χ4n) is 2.01. The number of anilines is 1. The largest absolute Gasteiger partial charge is 0.399 e. The van der Waals surface area contributed by atoms with E-state index in [1.807, 2.05) is 0 Å². The second kappa shape index (κ2) is 4.64. The number of carbonyl (C=O) groups excluding carboxylic acids is 1. The minimum Gasteiger partial charge on any atom is -0.399 e. The molecule has 0 unspecified atom stereocenters. The molecule has 0 spiro atoms. The summed E-state index contributed by atoms with van der Waals surface area (Å²) < 4.78 is 0. The Labute approximate surface area is 105 Å². The summed E-state index contributed by atoms with van der Waals surface area (Å²) in [6.07, 6.45) is 3.01. The van der Waals surface area contributed by atoms with Crippen molar-refractivity contribution in [2.45, 2.75) is 25.3 Å². The molecule has 0 bridgehead atoms. The molecule has 1 aliphatic carbocycles. The zero-order valence-corrected chi connectivity index (χ0v) is 10.1. The molecule has 18 heavy (non-hydrogen) atoms. The predicted octanol–water partition coefficient (Wildman–Crippen LogP) is 1.80. The highest BCUT2D eigenvalue weighted by molar-refractivity contribution is 5.99. The van der Waals surface area contributed by atoms with Gasteiger partial charge in [-0.2, -0.15) is 0 Å². The Kier molecular flexibility index (Phi) is 3.18. The Morgan fingerprint density at radius 1 is 1.50 bits per heavy atom. The number of benzene rings is 1. The second-order valence-corrected chi connectivity index (χ2v) is 4.53. The van der Waals surface area contributed by atoms with E-state index >= 15 is 0 Å². The zero-order chi connectivity index (χ0) is 13.3. The number of hydrogen-bond donors (Lipinski definition) is 1. The summed E-state index contributed by atoms with van der Waals surface area (Å²) >= 11 is 0.